The van der Waals surface area contributed by atoms with Gasteiger partial charge in [-0.3, -0.25) is 0 Å². The molecular formula is C18H27N3. The maximum Gasteiger partial charge on any atom is 0.126 e. The summed E-state index contributed by atoms with van der Waals surface area (Å²) in [6, 6.07) is 9.05. The van der Waals surface area contributed by atoms with E-state index in [1.807, 2.05) is 6.20 Å². The number of hydrogen-bond donors (Lipinski definition) is 1. The number of hydrogen-bond acceptors (Lipinski definition) is 2. The van der Waals surface area contributed by atoms with Crippen LogP contribution in [0.5, 0.6) is 0 Å². The highest BCUT2D eigenvalue weighted by Crippen LogP contribution is 2.18. The van der Waals surface area contributed by atoms with E-state index >= 15 is 0 Å². The molecule has 0 aliphatic carbocycles. The third-order valence-corrected chi connectivity index (χ3v) is 3.69. The van der Waals surface area contributed by atoms with E-state index in [1.54, 1.807) is 0 Å². The van der Waals surface area contributed by atoms with Crippen molar-refractivity contribution in [2.24, 2.45) is 0 Å². The van der Waals surface area contributed by atoms with Gasteiger partial charge in [0.2, 0.25) is 0 Å². The third kappa shape index (κ3) is 4.43. The normalized spacial score (nSPS) is 12.5. The van der Waals surface area contributed by atoms with Gasteiger partial charge in [0.15, 0.2) is 0 Å². The Labute approximate surface area is 128 Å². The Morgan fingerprint density at radius 1 is 1.24 bits per heavy atom. The molecule has 21 heavy (non-hydrogen) atoms. The quantitative estimate of drug-likeness (QED) is 0.797. The van der Waals surface area contributed by atoms with Crippen molar-refractivity contribution in [2.75, 3.05) is 6.54 Å². The van der Waals surface area contributed by atoms with Gasteiger partial charge in [-0.15, -0.1) is 0 Å². The Morgan fingerprint density at radius 2 is 2.10 bits per heavy atom. The van der Waals surface area contributed by atoms with Crippen molar-refractivity contribution in [3.8, 4) is 0 Å². The first-order valence-corrected chi connectivity index (χ1v) is 8.04. The Morgan fingerprint density at radius 3 is 2.81 bits per heavy atom. The van der Waals surface area contributed by atoms with E-state index in [1.165, 1.54) is 11.1 Å². The third-order valence-electron chi connectivity index (χ3n) is 3.69. The SMILES string of the molecule is CCCNC(Cc1cccc(C)c1)c1nccn1CCC. The van der Waals surface area contributed by atoms with Crippen molar-refractivity contribution < 1.29 is 0 Å². The molecule has 1 heterocycles. The van der Waals surface area contributed by atoms with E-state index in [0.717, 1.165) is 38.2 Å². The molecule has 1 unspecified atom stereocenters. The monoisotopic (exact) mass is 285 g/mol. The first kappa shape index (κ1) is 15.8. The fraction of sp³-hybridized carbons (Fsp3) is 0.500. The van der Waals surface area contributed by atoms with Gasteiger partial charge in [-0.25, -0.2) is 4.98 Å². The van der Waals surface area contributed by atoms with Crippen molar-refractivity contribution in [3.05, 3.63) is 53.6 Å². The van der Waals surface area contributed by atoms with Crippen molar-refractivity contribution in [1.82, 2.24) is 14.9 Å². The first-order valence-electron chi connectivity index (χ1n) is 8.04. The highest BCUT2D eigenvalue weighted by molar-refractivity contribution is 5.24. The van der Waals surface area contributed by atoms with Crippen LogP contribution in [0.25, 0.3) is 0 Å². The molecule has 0 radical (unpaired) electrons. The summed E-state index contributed by atoms with van der Waals surface area (Å²) in [5, 5.41) is 3.66. The number of aromatic nitrogens is 2. The van der Waals surface area contributed by atoms with Crippen LogP contribution >= 0.6 is 0 Å². The van der Waals surface area contributed by atoms with Crippen LogP contribution in [0.2, 0.25) is 0 Å². The lowest BCUT2D eigenvalue weighted by atomic mass is 10.0. The molecule has 3 nitrogen and oxygen atoms in total. The molecule has 0 fully saturated rings. The Kier molecular flexibility index (Phi) is 6.00. The Bertz CT molecular complexity index is 545. The topological polar surface area (TPSA) is 29.9 Å². The van der Waals surface area contributed by atoms with E-state index in [2.05, 4.69) is 66.1 Å². The van der Waals surface area contributed by atoms with Gasteiger partial charge in [-0.2, -0.15) is 0 Å². The van der Waals surface area contributed by atoms with E-state index in [9.17, 15) is 0 Å². The second kappa shape index (κ2) is 7.99. The van der Waals surface area contributed by atoms with Crippen LogP contribution in [0.3, 0.4) is 0 Å². The summed E-state index contributed by atoms with van der Waals surface area (Å²) in [6.45, 7) is 8.62. The summed E-state index contributed by atoms with van der Waals surface area (Å²) in [5.74, 6) is 1.16. The second-order valence-electron chi connectivity index (χ2n) is 5.68. The molecule has 1 aromatic heterocycles. The fourth-order valence-corrected chi connectivity index (χ4v) is 2.71. The first-order chi connectivity index (χ1) is 10.2. The standard InChI is InChI=1S/C18H27N3/c1-4-9-19-17(14-16-8-6-7-15(3)13-16)18-20-10-12-21(18)11-5-2/h6-8,10,12-13,17,19H,4-5,9,11,14H2,1-3H3. The van der Waals surface area contributed by atoms with Gasteiger partial charge in [-0.1, -0.05) is 43.7 Å². The molecule has 2 rings (SSSR count). The van der Waals surface area contributed by atoms with Gasteiger partial charge in [0.05, 0.1) is 6.04 Å². The van der Waals surface area contributed by atoms with Crippen LogP contribution in [0.4, 0.5) is 0 Å². The Hall–Kier alpha value is -1.61. The molecule has 1 atom stereocenters. The molecule has 0 spiro atoms. The minimum atomic E-state index is 0.285. The average molecular weight is 285 g/mol. The number of imidazole rings is 1. The molecule has 0 saturated carbocycles. The van der Waals surface area contributed by atoms with Crippen molar-refractivity contribution in [3.63, 3.8) is 0 Å². The van der Waals surface area contributed by atoms with Gasteiger partial charge in [0, 0.05) is 18.9 Å². The molecule has 2 aromatic rings. The fourth-order valence-electron chi connectivity index (χ4n) is 2.71. The minimum Gasteiger partial charge on any atom is -0.334 e. The average Bonchev–Trinajstić information content (AvgIpc) is 2.92. The maximum atomic E-state index is 4.61. The molecule has 0 saturated heterocycles. The summed E-state index contributed by atoms with van der Waals surface area (Å²) in [5.41, 5.74) is 2.69. The van der Waals surface area contributed by atoms with Gasteiger partial charge >= 0.3 is 0 Å². The smallest absolute Gasteiger partial charge is 0.126 e. The van der Waals surface area contributed by atoms with Crippen LogP contribution in [0, 0.1) is 6.92 Å². The number of nitrogens with one attached hydrogen (secondary N) is 1. The molecule has 3 heteroatoms. The Balaban J connectivity index is 2.19. The number of benzene rings is 1. The highest BCUT2D eigenvalue weighted by atomic mass is 15.1. The molecule has 1 N–H and O–H groups in total. The number of rotatable bonds is 8. The van der Waals surface area contributed by atoms with E-state index < -0.39 is 0 Å². The van der Waals surface area contributed by atoms with Crippen LogP contribution < -0.4 is 5.32 Å². The van der Waals surface area contributed by atoms with Gasteiger partial charge in [0.25, 0.3) is 0 Å². The summed E-state index contributed by atoms with van der Waals surface area (Å²) in [6.07, 6.45) is 7.27. The van der Waals surface area contributed by atoms with Crippen LogP contribution in [-0.2, 0) is 13.0 Å². The van der Waals surface area contributed by atoms with E-state index in [4.69, 9.17) is 0 Å². The van der Waals surface area contributed by atoms with Gasteiger partial charge in [0.1, 0.15) is 5.82 Å². The van der Waals surface area contributed by atoms with Gasteiger partial charge in [-0.05, 0) is 38.3 Å². The largest absolute Gasteiger partial charge is 0.334 e. The van der Waals surface area contributed by atoms with Crippen molar-refractivity contribution >= 4 is 0 Å². The lowest BCUT2D eigenvalue weighted by molar-refractivity contribution is 0.476. The number of nitrogens with zero attached hydrogens (tertiary/aromatic N) is 2. The van der Waals surface area contributed by atoms with Crippen LogP contribution in [0.1, 0.15) is 49.7 Å². The lowest BCUT2D eigenvalue weighted by Crippen LogP contribution is -2.27. The zero-order chi connectivity index (χ0) is 15.1. The molecular weight excluding hydrogens is 258 g/mol. The molecule has 0 aliphatic rings. The van der Waals surface area contributed by atoms with Crippen molar-refractivity contribution in [2.45, 2.75) is 52.6 Å². The van der Waals surface area contributed by atoms with Crippen molar-refractivity contribution in [1.29, 1.82) is 0 Å². The van der Waals surface area contributed by atoms with Gasteiger partial charge < -0.3 is 9.88 Å². The lowest BCUT2D eigenvalue weighted by Gasteiger charge is -2.20. The molecule has 0 amide bonds. The van der Waals surface area contributed by atoms with Crippen LogP contribution in [0.15, 0.2) is 36.7 Å². The summed E-state index contributed by atoms with van der Waals surface area (Å²) in [4.78, 5) is 4.61. The highest BCUT2D eigenvalue weighted by Gasteiger charge is 2.16. The predicted octanol–water partition coefficient (Wildman–Crippen LogP) is 3.88. The predicted molar refractivity (Wildman–Crippen MR) is 88.4 cm³/mol. The van der Waals surface area contributed by atoms with Crippen LogP contribution in [-0.4, -0.2) is 16.1 Å². The maximum absolute atomic E-state index is 4.61. The van der Waals surface area contributed by atoms with E-state index in [0.29, 0.717) is 0 Å². The zero-order valence-corrected chi connectivity index (χ0v) is 13.5. The zero-order valence-electron chi connectivity index (χ0n) is 13.5. The van der Waals surface area contributed by atoms with E-state index in [-0.39, 0.29) is 6.04 Å². The minimum absolute atomic E-state index is 0.285. The molecule has 0 bridgehead atoms. The molecule has 0 aliphatic heterocycles. The summed E-state index contributed by atoms with van der Waals surface area (Å²) < 4.78 is 2.28. The summed E-state index contributed by atoms with van der Waals surface area (Å²) >= 11 is 0. The number of aryl methyl sites for hydroxylation is 2. The second-order valence-corrected chi connectivity index (χ2v) is 5.68. The molecule has 1 aromatic carbocycles. The summed E-state index contributed by atoms with van der Waals surface area (Å²) in [7, 11) is 0. The molecule has 114 valence electrons.